The summed E-state index contributed by atoms with van der Waals surface area (Å²) in [5, 5.41) is 0. The molecule has 0 unspecified atom stereocenters. The standard InChI is InChI=1S/C10H14.2C9H14.2C3H8.2C2H6.2C2H4/c1-4-10-6-5-8(2)9(3)7-10;1-4-6-8-9(3)7-5-2;1-4-7-9(6-3)8-5-2;2*1-3-2;4*1-2/h5-7H,4H2,1-3H3;4-7H,2,8H2,1,3H3;4-5,7-8H,1,6H2,2-3H3;2*3H2,1-2H3;2*1-2H3;2*1-2H2/b;6-4?,9-7-;8-5?,9-7-;;;;;;. The highest BCUT2D eigenvalue weighted by atomic mass is 14.0. The van der Waals surface area contributed by atoms with Crippen LogP contribution in [-0.4, -0.2) is 0 Å². The fourth-order valence-corrected chi connectivity index (χ4v) is 2.25. The fourth-order valence-electron chi connectivity index (χ4n) is 2.25. The first-order valence-electron chi connectivity index (χ1n) is 16.1. The molecule has 0 saturated carbocycles. The first kappa shape index (κ1) is 58.7. The summed E-state index contributed by atoms with van der Waals surface area (Å²) >= 11 is 0. The van der Waals surface area contributed by atoms with Crippen molar-refractivity contribution in [3.8, 4) is 0 Å². The third kappa shape index (κ3) is 65.9. The molecule has 0 saturated heterocycles. The van der Waals surface area contributed by atoms with Gasteiger partial charge in [0.2, 0.25) is 0 Å². The average Bonchev–Trinajstić information content (AvgIpc) is 3.03. The fraction of sp³-hybridized carbons (Fsp3) is 0.476. The highest BCUT2D eigenvalue weighted by Crippen LogP contribution is 2.09. The second-order valence-electron chi connectivity index (χ2n) is 8.04. The topological polar surface area (TPSA) is 0 Å². The summed E-state index contributed by atoms with van der Waals surface area (Å²) < 4.78 is 0. The molecule has 1 aromatic rings. The van der Waals surface area contributed by atoms with Gasteiger partial charge in [0.25, 0.3) is 0 Å². The molecular weight excluding hydrogens is 504 g/mol. The van der Waals surface area contributed by atoms with Gasteiger partial charge in [0.05, 0.1) is 0 Å². The second-order valence-corrected chi connectivity index (χ2v) is 8.04. The lowest BCUT2D eigenvalue weighted by atomic mass is 10.1. The lowest BCUT2D eigenvalue weighted by Crippen LogP contribution is -1.84. The molecule has 0 fully saturated rings. The molecule has 0 aliphatic heterocycles. The summed E-state index contributed by atoms with van der Waals surface area (Å²) in [7, 11) is 0. The molecule has 0 spiro atoms. The van der Waals surface area contributed by atoms with Crippen molar-refractivity contribution < 1.29 is 0 Å². The number of aryl methyl sites for hydroxylation is 3. The van der Waals surface area contributed by atoms with E-state index in [0.29, 0.717) is 0 Å². The van der Waals surface area contributed by atoms with Crippen LogP contribution >= 0.6 is 0 Å². The van der Waals surface area contributed by atoms with E-state index in [1.807, 2.05) is 71.9 Å². The Kier molecular flexibility index (Phi) is 92.9. The van der Waals surface area contributed by atoms with Gasteiger partial charge >= 0.3 is 0 Å². The largest absolute Gasteiger partial charge is 0.106 e. The maximum atomic E-state index is 3.62. The minimum absolute atomic E-state index is 1.04. The van der Waals surface area contributed by atoms with E-state index >= 15 is 0 Å². The van der Waals surface area contributed by atoms with Gasteiger partial charge in [-0.15, -0.1) is 26.3 Å². The van der Waals surface area contributed by atoms with E-state index in [0.717, 1.165) is 19.3 Å². The molecule has 0 heterocycles. The van der Waals surface area contributed by atoms with Gasteiger partial charge in [-0.2, -0.15) is 0 Å². The first-order valence-corrected chi connectivity index (χ1v) is 16.1. The van der Waals surface area contributed by atoms with Gasteiger partial charge in [-0.3, -0.25) is 0 Å². The van der Waals surface area contributed by atoms with E-state index in [1.165, 1.54) is 40.7 Å². The smallest absolute Gasteiger partial charge is 0.0139 e. The van der Waals surface area contributed by atoms with Crippen LogP contribution in [0.15, 0.2) is 117 Å². The van der Waals surface area contributed by atoms with E-state index in [4.69, 9.17) is 0 Å². The van der Waals surface area contributed by atoms with Crippen molar-refractivity contribution in [2.24, 2.45) is 0 Å². The molecule has 0 aliphatic carbocycles. The summed E-state index contributed by atoms with van der Waals surface area (Å²) in [6, 6.07) is 6.64. The van der Waals surface area contributed by atoms with E-state index in [1.54, 1.807) is 0 Å². The molecule has 0 bridgehead atoms. The van der Waals surface area contributed by atoms with Crippen LogP contribution in [-0.2, 0) is 6.42 Å². The number of rotatable bonds is 7. The molecule has 1 rings (SSSR count). The maximum absolute atomic E-state index is 3.62. The van der Waals surface area contributed by atoms with Crippen LogP contribution < -0.4 is 0 Å². The van der Waals surface area contributed by atoms with Crippen LogP contribution in [0.4, 0.5) is 0 Å². The molecule has 0 radical (unpaired) electrons. The van der Waals surface area contributed by atoms with Crippen molar-refractivity contribution >= 4 is 0 Å². The van der Waals surface area contributed by atoms with Crippen molar-refractivity contribution in [1.82, 2.24) is 0 Å². The summed E-state index contributed by atoms with van der Waals surface area (Å²) in [5.74, 6) is 0. The Morgan fingerprint density at radius 1 is 0.690 bits per heavy atom. The Labute approximate surface area is 269 Å². The van der Waals surface area contributed by atoms with Crippen LogP contribution in [0.3, 0.4) is 0 Å². The number of allylic oxidation sites excluding steroid dienone is 10. The Hall–Kier alpha value is -2.86. The zero-order chi connectivity index (χ0) is 35.2. The Morgan fingerprint density at radius 2 is 1.12 bits per heavy atom. The molecule has 246 valence electrons. The van der Waals surface area contributed by atoms with Crippen LogP contribution in [0.1, 0.15) is 132 Å². The Bertz CT molecular complexity index is 718. The van der Waals surface area contributed by atoms with Gasteiger partial charge in [-0.25, -0.2) is 0 Å². The molecule has 0 aliphatic rings. The SMILES string of the molecule is C=C.C=C.C=C/C=C(/C)CC=CC.C=C/C=C(\C=CC)CC.CC.CC.CCC.CCC.CCc1ccc(C)c(C)c1. The molecule has 0 heteroatoms. The first-order chi connectivity index (χ1) is 20.2. The van der Waals surface area contributed by atoms with Crippen LogP contribution in [0.2, 0.25) is 0 Å². The van der Waals surface area contributed by atoms with Crippen molar-refractivity contribution in [2.45, 2.75) is 136 Å². The molecular formula is C42H78. The maximum Gasteiger partial charge on any atom is -0.0139 e. The third-order valence-electron chi connectivity index (χ3n) is 4.18. The molecule has 0 nitrogen and oxygen atoms in total. The van der Waals surface area contributed by atoms with Gasteiger partial charge in [-0.05, 0) is 76.1 Å². The molecule has 0 N–H and O–H groups in total. The second kappa shape index (κ2) is 66.4. The Balaban J connectivity index is -0.0000000567. The summed E-state index contributed by atoms with van der Waals surface area (Å²) in [5.41, 5.74) is 6.90. The quantitative estimate of drug-likeness (QED) is 0.221. The molecule has 0 aromatic heterocycles. The van der Waals surface area contributed by atoms with E-state index in [-0.39, 0.29) is 0 Å². The third-order valence-corrected chi connectivity index (χ3v) is 4.18. The van der Waals surface area contributed by atoms with E-state index in [9.17, 15) is 0 Å². The van der Waals surface area contributed by atoms with Crippen LogP contribution in [0.5, 0.6) is 0 Å². The Morgan fingerprint density at radius 3 is 1.40 bits per heavy atom. The summed E-state index contributed by atoms with van der Waals surface area (Å²) in [6.45, 7) is 50.5. The summed E-state index contributed by atoms with van der Waals surface area (Å²) in [6.07, 6.45) is 21.8. The molecule has 0 amide bonds. The number of hydrogen-bond acceptors (Lipinski definition) is 0. The van der Waals surface area contributed by atoms with Gasteiger partial charge in [0.15, 0.2) is 0 Å². The van der Waals surface area contributed by atoms with Crippen molar-refractivity contribution in [2.75, 3.05) is 0 Å². The molecule has 42 heavy (non-hydrogen) atoms. The van der Waals surface area contributed by atoms with Crippen molar-refractivity contribution in [3.63, 3.8) is 0 Å². The van der Waals surface area contributed by atoms with Crippen molar-refractivity contribution in [3.05, 3.63) is 134 Å². The average molecular weight is 583 g/mol. The number of hydrogen-bond donors (Lipinski definition) is 0. The predicted octanol–water partition coefficient (Wildman–Crippen LogP) is 15.5. The predicted molar refractivity (Wildman–Crippen MR) is 209 cm³/mol. The van der Waals surface area contributed by atoms with Gasteiger partial charge in [-0.1, -0.05) is 168 Å². The van der Waals surface area contributed by atoms with Gasteiger partial charge in [0, 0.05) is 0 Å². The highest BCUT2D eigenvalue weighted by Gasteiger charge is 1.92. The van der Waals surface area contributed by atoms with Gasteiger partial charge < -0.3 is 0 Å². The van der Waals surface area contributed by atoms with E-state index in [2.05, 4.69) is 138 Å². The monoisotopic (exact) mass is 583 g/mol. The minimum Gasteiger partial charge on any atom is -0.106 e. The highest BCUT2D eigenvalue weighted by molar-refractivity contribution is 5.29. The zero-order valence-corrected chi connectivity index (χ0v) is 31.6. The van der Waals surface area contributed by atoms with Crippen molar-refractivity contribution in [1.29, 1.82) is 0 Å². The summed E-state index contributed by atoms with van der Waals surface area (Å²) in [4.78, 5) is 0. The zero-order valence-electron chi connectivity index (χ0n) is 31.6. The van der Waals surface area contributed by atoms with Crippen LogP contribution in [0, 0.1) is 13.8 Å². The van der Waals surface area contributed by atoms with Gasteiger partial charge in [0.1, 0.15) is 0 Å². The molecule has 1 aromatic carbocycles. The van der Waals surface area contributed by atoms with E-state index < -0.39 is 0 Å². The minimum atomic E-state index is 1.04. The lowest BCUT2D eigenvalue weighted by Gasteiger charge is -2.01. The molecule has 0 atom stereocenters. The van der Waals surface area contributed by atoms with Crippen LogP contribution in [0.25, 0.3) is 0 Å². The number of benzene rings is 1. The lowest BCUT2D eigenvalue weighted by molar-refractivity contribution is 1.09. The normalized spacial score (nSPS) is 9.02.